The molecule has 3 saturated heterocycles. The molecule has 0 aromatic rings. The summed E-state index contributed by atoms with van der Waals surface area (Å²) >= 11 is 0. The molecular weight excluding hydrogens is 915 g/mol. The summed E-state index contributed by atoms with van der Waals surface area (Å²) in [4.78, 5) is 130. The minimum absolute atomic E-state index is 0.0220. The summed E-state index contributed by atoms with van der Waals surface area (Å²) in [7, 11) is 0. The fourth-order valence-electron chi connectivity index (χ4n) is 9.03. The largest absolute Gasteiger partial charge is 0.480 e. The molecule has 0 aromatic carbocycles. The van der Waals surface area contributed by atoms with Crippen molar-refractivity contribution < 1.29 is 58.5 Å². The number of carbonyl (C=O) groups excluding carboxylic acids is 8. The molecule has 16 N–H and O–H groups in total. The van der Waals surface area contributed by atoms with Gasteiger partial charge in [-0.25, -0.2) is 4.79 Å². The first-order chi connectivity index (χ1) is 33.1. The molecule has 25 nitrogen and oxygen atoms in total. The number of rotatable bonds is 28. The molecule has 3 aliphatic rings. The fourth-order valence-corrected chi connectivity index (χ4v) is 9.03. The van der Waals surface area contributed by atoms with E-state index in [1.165, 1.54) is 14.7 Å². The molecule has 25 heteroatoms. The molecule has 0 saturated carbocycles. The van der Waals surface area contributed by atoms with Crippen molar-refractivity contribution in [2.24, 2.45) is 39.8 Å². The number of hydrogen-bond acceptors (Lipinski definition) is 14. The molecule has 8 amide bonds. The van der Waals surface area contributed by atoms with Crippen LogP contribution in [-0.2, 0) is 43.2 Å². The van der Waals surface area contributed by atoms with Gasteiger partial charge in [-0.2, -0.15) is 0 Å². The Hall–Kier alpha value is -5.66. The Labute approximate surface area is 409 Å². The number of unbranched alkanes of at least 4 members (excludes halogenated alkanes) is 1. The van der Waals surface area contributed by atoms with Gasteiger partial charge >= 0.3 is 5.97 Å². The summed E-state index contributed by atoms with van der Waals surface area (Å²) in [5.74, 6) is -7.19. The number of likely N-dealkylation sites (tertiary alicyclic amines) is 3. The van der Waals surface area contributed by atoms with Crippen LogP contribution < -0.4 is 49.5 Å². The van der Waals surface area contributed by atoms with Gasteiger partial charge in [0.15, 0.2) is 5.96 Å². The van der Waals surface area contributed by atoms with Gasteiger partial charge < -0.3 is 79.5 Å². The smallest absolute Gasteiger partial charge is 0.326 e. The molecule has 0 bridgehead atoms. The number of aliphatic carboxylic acids is 1. The highest BCUT2D eigenvalue weighted by Gasteiger charge is 2.43. The zero-order chi connectivity index (χ0) is 52.2. The highest BCUT2D eigenvalue weighted by Crippen LogP contribution is 2.24. The molecule has 70 heavy (non-hydrogen) atoms. The summed E-state index contributed by atoms with van der Waals surface area (Å²) in [6.45, 7) is 6.62. The number of nitrogens with zero attached hydrogens (tertiary/aromatic N) is 4. The van der Waals surface area contributed by atoms with Crippen LogP contribution in [0.25, 0.3) is 0 Å². The molecular formula is C45H79N13O12. The quantitative estimate of drug-likeness (QED) is 0.0202. The number of guanidine groups is 1. The van der Waals surface area contributed by atoms with Gasteiger partial charge in [0.05, 0.1) is 19.3 Å². The van der Waals surface area contributed by atoms with Crippen molar-refractivity contribution in [1.29, 1.82) is 0 Å². The summed E-state index contributed by atoms with van der Waals surface area (Å²) in [5, 5.41) is 43.1. The minimum atomic E-state index is -1.58. The number of amides is 8. The van der Waals surface area contributed by atoms with E-state index in [-0.39, 0.29) is 88.9 Å². The second-order valence-electron chi connectivity index (χ2n) is 19.2. The van der Waals surface area contributed by atoms with E-state index in [2.05, 4.69) is 31.6 Å². The van der Waals surface area contributed by atoms with Gasteiger partial charge in [0.25, 0.3) is 0 Å². The van der Waals surface area contributed by atoms with Crippen molar-refractivity contribution in [3.63, 3.8) is 0 Å². The van der Waals surface area contributed by atoms with Crippen LogP contribution >= 0.6 is 0 Å². The van der Waals surface area contributed by atoms with Crippen molar-refractivity contribution in [3.8, 4) is 0 Å². The maximum atomic E-state index is 14.3. The van der Waals surface area contributed by atoms with Gasteiger partial charge in [0.1, 0.15) is 48.3 Å². The van der Waals surface area contributed by atoms with Gasteiger partial charge in [0.2, 0.25) is 47.3 Å². The van der Waals surface area contributed by atoms with Crippen LogP contribution in [-0.4, -0.2) is 190 Å². The van der Waals surface area contributed by atoms with E-state index >= 15 is 0 Å². The maximum Gasteiger partial charge on any atom is 0.326 e. The zero-order valence-corrected chi connectivity index (χ0v) is 41.1. The molecule has 3 fully saturated rings. The van der Waals surface area contributed by atoms with Crippen molar-refractivity contribution in [2.75, 3.05) is 45.9 Å². The van der Waals surface area contributed by atoms with E-state index in [0.717, 1.165) is 0 Å². The van der Waals surface area contributed by atoms with Gasteiger partial charge in [-0.1, -0.05) is 34.1 Å². The molecule has 0 spiro atoms. The van der Waals surface area contributed by atoms with Crippen LogP contribution in [0.3, 0.4) is 0 Å². The van der Waals surface area contributed by atoms with Crippen LogP contribution in [0, 0.1) is 11.8 Å². The van der Waals surface area contributed by atoms with Crippen molar-refractivity contribution in [1.82, 2.24) is 41.3 Å². The zero-order valence-electron chi connectivity index (χ0n) is 41.1. The summed E-state index contributed by atoms with van der Waals surface area (Å²) in [5.41, 5.74) is 22.4. The Bertz CT molecular complexity index is 1850. The third-order valence-electron chi connectivity index (χ3n) is 12.6. The summed E-state index contributed by atoms with van der Waals surface area (Å²) in [6.07, 6.45) is 4.02. The predicted octanol–water partition coefficient (Wildman–Crippen LogP) is -3.95. The lowest BCUT2D eigenvalue weighted by Gasteiger charge is -2.33. The SMILES string of the molecule is CC(C)C[C@H](NC(=O)[C@@H]1CCCN1C(=O)[C@H](CC(C)C)NC(=O)[C@H](CO)NC(=O)[C@@H]1CCCN1C(=O)[C@H](CCCN=C(N)N)NC(=O)[C@H](CO)NC(=O)[C@@H](N)CCCCN)C(=O)N1CCC[C@H]1C(=O)O. The lowest BCUT2D eigenvalue weighted by molar-refractivity contribution is -0.150. The molecule has 3 aliphatic heterocycles. The molecule has 9 atom stereocenters. The number of nitrogens with two attached hydrogens (primary N) is 4. The lowest BCUT2D eigenvalue weighted by atomic mass is 10.0. The van der Waals surface area contributed by atoms with Crippen molar-refractivity contribution in [2.45, 2.75) is 166 Å². The molecule has 3 heterocycles. The minimum Gasteiger partial charge on any atom is -0.480 e. The Balaban J connectivity index is 1.75. The number of hydrogen-bond donors (Lipinski definition) is 12. The Morgan fingerprint density at radius 2 is 0.986 bits per heavy atom. The second kappa shape index (κ2) is 28.9. The normalized spacial score (nSPS) is 20.5. The number of nitrogens with one attached hydrogen (secondary N) is 5. The molecule has 0 aromatic heterocycles. The fraction of sp³-hybridized carbons (Fsp3) is 0.778. The third kappa shape index (κ3) is 17.3. The first-order valence-electron chi connectivity index (χ1n) is 24.5. The average molecular weight is 994 g/mol. The lowest BCUT2D eigenvalue weighted by Crippen LogP contribution is -2.61. The van der Waals surface area contributed by atoms with E-state index < -0.39 is 121 Å². The van der Waals surface area contributed by atoms with E-state index in [4.69, 9.17) is 22.9 Å². The van der Waals surface area contributed by atoms with Crippen molar-refractivity contribution >= 4 is 59.2 Å². The van der Waals surface area contributed by atoms with Crippen LogP contribution in [0.2, 0.25) is 0 Å². The molecule has 0 unspecified atom stereocenters. The molecule has 0 radical (unpaired) electrons. The number of carboxylic acid groups (broad SMARTS) is 1. The highest BCUT2D eigenvalue weighted by atomic mass is 16.4. The Morgan fingerprint density at radius 3 is 1.44 bits per heavy atom. The van der Waals surface area contributed by atoms with Crippen LogP contribution in [0.4, 0.5) is 0 Å². The maximum absolute atomic E-state index is 14.3. The van der Waals surface area contributed by atoms with Crippen LogP contribution in [0.1, 0.15) is 111 Å². The van der Waals surface area contributed by atoms with Gasteiger partial charge in [0, 0.05) is 26.2 Å². The molecule has 0 aliphatic carbocycles. The number of carboxylic acids is 1. The average Bonchev–Trinajstić information content (AvgIpc) is 4.11. The summed E-state index contributed by atoms with van der Waals surface area (Å²) < 4.78 is 0. The summed E-state index contributed by atoms with van der Waals surface area (Å²) in [6, 6.07) is -10.7. The first-order valence-corrected chi connectivity index (χ1v) is 24.5. The van der Waals surface area contributed by atoms with Crippen LogP contribution in [0.15, 0.2) is 4.99 Å². The third-order valence-corrected chi connectivity index (χ3v) is 12.6. The Morgan fingerprint density at radius 1 is 0.571 bits per heavy atom. The number of carbonyl (C=O) groups is 9. The molecule has 396 valence electrons. The van der Waals surface area contributed by atoms with Gasteiger partial charge in [-0.3, -0.25) is 43.3 Å². The number of aliphatic imine (C=N–C) groups is 1. The van der Waals surface area contributed by atoms with E-state index in [1.54, 1.807) is 0 Å². The number of aliphatic hydroxyl groups excluding tert-OH is 2. The van der Waals surface area contributed by atoms with Gasteiger partial charge in [-0.05, 0) is 95.4 Å². The van der Waals surface area contributed by atoms with Crippen LogP contribution in [0.5, 0.6) is 0 Å². The van der Waals surface area contributed by atoms with E-state index in [9.17, 15) is 58.5 Å². The van der Waals surface area contributed by atoms with E-state index in [1.807, 2.05) is 27.7 Å². The standard InChI is InChI=1S/C45H79N13O12/c1-25(2)21-29(42(67)57-19-9-13-33(57)39(64)53-30(22-26(3)4)43(68)58-20-10-15-35(58)44(69)70)52-38(63)32(24-60)55-40(65)34-14-8-18-56(34)41(66)28(12-7-17-50-45(48)49)51-37(62)31(23-59)54-36(61)27(47)11-5-6-16-46/h25-35,59-60H,5-24,46-47H2,1-4H3,(H,51,62)(H,52,63)(H,53,64)(H,54,61)(H,55,65)(H,69,70)(H4,48,49,50)/t27-,28-,29-,30-,31-,32-,33-,34-,35-/m0/s1. The van der Waals surface area contributed by atoms with Gasteiger partial charge in [-0.15, -0.1) is 0 Å². The van der Waals surface area contributed by atoms with E-state index in [0.29, 0.717) is 45.1 Å². The monoisotopic (exact) mass is 994 g/mol. The Kier molecular flexibility index (Phi) is 24.2. The first kappa shape index (κ1) is 58.7. The molecule has 3 rings (SSSR count). The van der Waals surface area contributed by atoms with Crippen molar-refractivity contribution in [3.05, 3.63) is 0 Å². The topological polar surface area (TPSA) is 401 Å². The predicted molar refractivity (Wildman–Crippen MR) is 255 cm³/mol. The highest BCUT2D eigenvalue weighted by molar-refractivity contribution is 5.98. The number of aliphatic hydroxyl groups is 2. The second-order valence-corrected chi connectivity index (χ2v) is 19.2.